The molecule has 10 heavy (non-hydrogen) atoms. The summed E-state index contributed by atoms with van der Waals surface area (Å²) in [7, 11) is 2.22. The summed E-state index contributed by atoms with van der Waals surface area (Å²) in [5.74, 6) is 0. The number of hydrogen-bond donors (Lipinski definition) is 0. The van der Waals surface area contributed by atoms with Gasteiger partial charge < -0.3 is 4.90 Å². The first kappa shape index (κ1) is 8.41. The number of nitrogens with zero attached hydrogens (tertiary/aromatic N) is 1. The minimum absolute atomic E-state index is 0.935. The largest absolute Gasteiger partial charge is 0.306 e. The highest BCUT2D eigenvalue weighted by Gasteiger charge is 2.12. The molecule has 0 saturated carbocycles. The van der Waals surface area contributed by atoms with Gasteiger partial charge in [-0.15, -0.1) is 0 Å². The van der Waals surface area contributed by atoms with E-state index >= 15 is 0 Å². The van der Waals surface area contributed by atoms with Gasteiger partial charge in [0.2, 0.25) is 0 Å². The molecule has 0 aliphatic carbocycles. The Morgan fingerprint density at radius 1 is 1.30 bits per heavy atom. The SMILES string of the molecule is CSC1CCCN(C)CC1. The van der Waals surface area contributed by atoms with E-state index in [1.807, 2.05) is 11.8 Å². The zero-order chi connectivity index (χ0) is 7.40. The Balaban J connectivity index is 2.26. The Bertz CT molecular complexity index is 95.3. The minimum Gasteiger partial charge on any atom is -0.306 e. The molecule has 1 saturated heterocycles. The fraction of sp³-hybridized carbons (Fsp3) is 1.00. The van der Waals surface area contributed by atoms with Gasteiger partial charge >= 0.3 is 0 Å². The Kier molecular flexibility index (Phi) is 3.57. The maximum atomic E-state index is 2.44. The molecule has 1 nitrogen and oxygen atoms in total. The zero-order valence-corrected chi connectivity index (χ0v) is 7.78. The van der Waals surface area contributed by atoms with Crippen molar-refractivity contribution in [2.45, 2.75) is 24.5 Å². The normalized spacial score (nSPS) is 30.0. The van der Waals surface area contributed by atoms with Crippen LogP contribution in [0.4, 0.5) is 0 Å². The molecule has 1 heterocycles. The van der Waals surface area contributed by atoms with Crippen LogP contribution in [0.5, 0.6) is 0 Å². The minimum atomic E-state index is 0.935. The first-order valence-electron chi connectivity index (χ1n) is 4.04. The van der Waals surface area contributed by atoms with E-state index in [9.17, 15) is 0 Å². The number of thioether (sulfide) groups is 1. The summed E-state index contributed by atoms with van der Waals surface area (Å²) in [4.78, 5) is 2.44. The molecule has 0 aromatic heterocycles. The van der Waals surface area contributed by atoms with Crippen LogP contribution < -0.4 is 0 Å². The van der Waals surface area contributed by atoms with E-state index in [1.54, 1.807) is 0 Å². The molecule has 0 radical (unpaired) electrons. The summed E-state index contributed by atoms with van der Waals surface area (Å²) in [6.45, 7) is 2.60. The smallest absolute Gasteiger partial charge is 0.00569 e. The topological polar surface area (TPSA) is 3.24 Å². The third kappa shape index (κ3) is 2.51. The maximum absolute atomic E-state index is 2.44. The Hall–Kier alpha value is 0.310. The van der Waals surface area contributed by atoms with Gasteiger partial charge in [0.05, 0.1) is 0 Å². The lowest BCUT2D eigenvalue weighted by Crippen LogP contribution is -2.19. The average molecular weight is 159 g/mol. The predicted molar refractivity (Wildman–Crippen MR) is 48.7 cm³/mol. The Morgan fingerprint density at radius 3 is 2.80 bits per heavy atom. The van der Waals surface area contributed by atoms with E-state index in [0.29, 0.717) is 0 Å². The molecule has 0 bridgehead atoms. The summed E-state index contributed by atoms with van der Waals surface area (Å²) in [6, 6.07) is 0. The van der Waals surface area contributed by atoms with E-state index in [-0.39, 0.29) is 0 Å². The van der Waals surface area contributed by atoms with Gasteiger partial charge in [-0.2, -0.15) is 11.8 Å². The molecule has 1 aliphatic rings. The molecule has 0 spiro atoms. The molecule has 0 aromatic carbocycles. The molecule has 1 fully saturated rings. The third-order valence-electron chi connectivity index (χ3n) is 2.23. The van der Waals surface area contributed by atoms with Gasteiger partial charge in [-0.05, 0) is 45.7 Å². The van der Waals surface area contributed by atoms with Crippen molar-refractivity contribution in [3.8, 4) is 0 Å². The van der Waals surface area contributed by atoms with Gasteiger partial charge in [0, 0.05) is 5.25 Å². The molecule has 2 heteroatoms. The highest BCUT2D eigenvalue weighted by Crippen LogP contribution is 2.20. The van der Waals surface area contributed by atoms with Crippen molar-refractivity contribution in [2.75, 3.05) is 26.4 Å². The van der Waals surface area contributed by atoms with Gasteiger partial charge in [0.15, 0.2) is 0 Å². The highest BCUT2D eigenvalue weighted by atomic mass is 32.2. The molecule has 0 amide bonds. The fourth-order valence-corrected chi connectivity index (χ4v) is 2.19. The monoisotopic (exact) mass is 159 g/mol. The second-order valence-corrected chi connectivity index (χ2v) is 4.23. The maximum Gasteiger partial charge on any atom is 0.00569 e. The molecule has 0 N–H and O–H groups in total. The van der Waals surface area contributed by atoms with Crippen LogP contribution in [0.3, 0.4) is 0 Å². The first-order chi connectivity index (χ1) is 4.83. The van der Waals surface area contributed by atoms with Crippen molar-refractivity contribution in [2.24, 2.45) is 0 Å². The highest BCUT2D eigenvalue weighted by molar-refractivity contribution is 7.99. The lowest BCUT2D eigenvalue weighted by Gasteiger charge is -2.12. The van der Waals surface area contributed by atoms with Gasteiger partial charge in [-0.1, -0.05) is 0 Å². The summed E-state index contributed by atoms with van der Waals surface area (Å²) >= 11 is 2.03. The van der Waals surface area contributed by atoms with Crippen molar-refractivity contribution in [1.29, 1.82) is 0 Å². The summed E-state index contributed by atoms with van der Waals surface area (Å²) < 4.78 is 0. The summed E-state index contributed by atoms with van der Waals surface area (Å²) in [6.07, 6.45) is 6.43. The van der Waals surface area contributed by atoms with Gasteiger partial charge in [-0.3, -0.25) is 0 Å². The van der Waals surface area contributed by atoms with Gasteiger partial charge in [0.25, 0.3) is 0 Å². The molecule has 1 rings (SSSR count). The van der Waals surface area contributed by atoms with E-state index < -0.39 is 0 Å². The van der Waals surface area contributed by atoms with Crippen LogP contribution in [-0.2, 0) is 0 Å². The van der Waals surface area contributed by atoms with Crippen LogP contribution in [0, 0.1) is 0 Å². The van der Waals surface area contributed by atoms with Crippen LogP contribution in [0.25, 0.3) is 0 Å². The molecule has 1 atom stereocenters. The van der Waals surface area contributed by atoms with Crippen molar-refractivity contribution >= 4 is 11.8 Å². The standard InChI is InChI=1S/C8H17NS/c1-9-6-3-4-8(10-2)5-7-9/h8H,3-7H2,1-2H3. The molecular weight excluding hydrogens is 142 g/mol. The van der Waals surface area contributed by atoms with Gasteiger partial charge in [-0.25, -0.2) is 0 Å². The Morgan fingerprint density at radius 2 is 2.10 bits per heavy atom. The lowest BCUT2D eigenvalue weighted by molar-refractivity contribution is 0.349. The van der Waals surface area contributed by atoms with Gasteiger partial charge in [0.1, 0.15) is 0 Å². The predicted octanol–water partition coefficient (Wildman–Crippen LogP) is 1.83. The average Bonchev–Trinajstić information content (AvgIpc) is 2.14. The zero-order valence-electron chi connectivity index (χ0n) is 6.97. The van der Waals surface area contributed by atoms with Crippen LogP contribution >= 0.6 is 11.8 Å². The number of rotatable bonds is 1. The quantitative estimate of drug-likeness (QED) is 0.574. The second kappa shape index (κ2) is 4.24. The second-order valence-electron chi connectivity index (χ2n) is 3.09. The van der Waals surface area contributed by atoms with Crippen LogP contribution in [-0.4, -0.2) is 36.5 Å². The first-order valence-corrected chi connectivity index (χ1v) is 5.33. The summed E-state index contributed by atoms with van der Waals surface area (Å²) in [5.41, 5.74) is 0. The number of hydrogen-bond acceptors (Lipinski definition) is 2. The lowest BCUT2D eigenvalue weighted by atomic mass is 10.2. The van der Waals surface area contributed by atoms with Crippen molar-refractivity contribution in [3.05, 3.63) is 0 Å². The molecular formula is C8H17NS. The third-order valence-corrected chi connectivity index (χ3v) is 3.37. The molecule has 60 valence electrons. The fourth-order valence-electron chi connectivity index (χ4n) is 1.45. The van der Waals surface area contributed by atoms with Crippen LogP contribution in [0.1, 0.15) is 19.3 Å². The van der Waals surface area contributed by atoms with Crippen molar-refractivity contribution in [3.63, 3.8) is 0 Å². The molecule has 1 aliphatic heterocycles. The van der Waals surface area contributed by atoms with Crippen molar-refractivity contribution < 1.29 is 0 Å². The molecule has 0 aromatic rings. The van der Waals surface area contributed by atoms with E-state index in [4.69, 9.17) is 0 Å². The van der Waals surface area contributed by atoms with Crippen LogP contribution in [0.2, 0.25) is 0 Å². The van der Waals surface area contributed by atoms with E-state index in [1.165, 1.54) is 32.4 Å². The molecule has 1 unspecified atom stereocenters. The Labute approximate surface area is 68.2 Å². The summed E-state index contributed by atoms with van der Waals surface area (Å²) in [5, 5.41) is 0.935. The van der Waals surface area contributed by atoms with Crippen LogP contribution in [0.15, 0.2) is 0 Å². The van der Waals surface area contributed by atoms with Crippen molar-refractivity contribution in [1.82, 2.24) is 4.90 Å². The van der Waals surface area contributed by atoms with E-state index in [0.717, 1.165) is 5.25 Å². The number of likely N-dealkylation sites (tertiary alicyclic amines) is 1. The van der Waals surface area contributed by atoms with E-state index in [2.05, 4.69) is 18.2 Å².